The highest BCUT2D eigenvalue weighted by Crippen LogP contribution is 2.28. The maximum atomic E-state index is 11.9. The van der Waals surface area contributed by atoms with Gasteiger partial charge >= 0.3 is 0 Å². The predicted molar refractivity (Wildman–Crippen MR) is 79.3 cm³/mol. The van der Waals surface area contributed by atoms with Gasteiger partial charge < -0.3 is 9.47 Å². The van der Waals surface area contributed by atoms with Crippen molar-refractivity contribution in [1.82, 2.24) is 0 Å². The first-order valence-electron chi connectivity index (χ1n) is 7.68. The molecule has 1 aromatic rings. The molecule has 20 heavy (non-hydrogen) atoms. The van der Waals surface area contributed by atoms with Crippen molar-refractivity contribution in [3.05, 3.63) is 24.3 Å². The number of rotatable bonds is 6. The van der Waals surface area contributed by atoms with Crippen LogP contribution in [0.15, 0.2) is 24.3 Å². The molecule has 0 aromatic heterocycles. The average Bonchev–Trinajstić information content (AvgIpc) is 2.66. The lowest BCUT2D eigenvalue weighted by molar-refractivity contribution is -0.123. The zero-order valence-electron chi connectivity index (χ0n) is 12.3. The number of carbonyl (C=O) groups excluding carboxylic acids is 1. The Bertz CT molecular complexity index is 428. The summed E-state index contributed by atoms with van der Waals surface area (Å²) in [5, 5.41) is 0. The van der Waals surface area contributed by atoms with E-state index in [-0.39, 0.29) is 5.92 Å². The molecule has 1 aliphatic carbocycles. The van der Waals surface area contributed by atoms with Crippen molar-refractivity contribution in [3.63, 3.8) is 0 Å². The van der Waals surface area contributed by atoms with Crippen LogP contribution in [0.25, 0.3) is 0 Å². The summed E-state index contributed by atoms with van der Waals surface area (Å²) < 4.78 is 11.3. The Hall–Kier alpha value is -1.51. The van der Waals surface area contributed by atoms with E-state index in [1.54, 1.807) is 0 Å². The SMILES string of the molecule is CCOc1ccccc1OCCC1CCCCCC1=O. The van der Waals surface area contributed by atoms with Crippen molar-refractivity contribution in [2.75, 3.05) is 13.2 Å². The quantitative estimate of drug-likeness (QED) is 0.737. The predicted octanol–water partition coefficient (Wildman–Crippen LogP) is 4.00. The van der Waals surface area contributed by atoms with Crippen LogP contribution < -0.4 is 9.47 Å². The summed E-state index contributed by atoms with van der Waals surface area (Å²) >= 11 is 0. The number of hydrogen-bond acceptors (Lipinski definition) is 3. The van der Waals surface area contributed by atoms with Gasteiger partial charge in [-0.25, -0.2) is 0 Å². The molecule has 1 aromatic carbocycles. The molecule has 0 heterocycles. The third-order valence-corrected chi connectivity index (χ3v) is 3.80. The first kappa shape index (κ1) is 14.9. The second kappa shape index (κ2) is 7.93. The van der Waals surface area contributed by atoms with Crippen LogP contribution in [0.2, 0.25) is 0 Å². The van der Waals surface area contributed by atoms with Crippen molar-refractivity contribution in [1.29, 1.82) is 0 Å². The van der Waals surface area contributed by atoms with E-state index < -0.39 is 0 Å². The zero-order chi connectivity index (χ0) is 14.2. The van der Waals surface area contributed by atoms with Crippen molar-refractivity contribution < 1.29 is 14.3 Å². The van der Waals surface area contributed by atoms with E-state index in [0.29, 0.717) is 19.0 Å². The highest BCUT2D eigenvalue weighted by molar-refractivity contribution is 5.81. The molecule has 3 heteroatoms. The summed E-state index contributed by atoms with van der Waals surface area (Å²) in [4.78, 5) is 11.9. The number of hydrogen-bond donors (Lipinski definition) is 0. The standard InChI is InChI=1S/C17H24O3/c1-2-19-16-10-6-7-11-17(16)20-13-12-14-8-4-3-5-9-15(14)18/h6-7,10-11,14H,2-5,8-9,12-13H2,1H3. The van der Waals surface area contributed by atoms with Gasteiger partial charge in [0, 0.05) is 12.3 Å². The zero-order valence-corrected chi connectivity index (χ0v) is 12.3. The van der Waals surface area contributed by atoms with Crippen LogP contribution in [0, 0.1) is 5.92 Å². The molecule has 110 valence electrons. The lowest BCUT2D eigenvalue weighted by Crippen LogP contribution is -2.16. The smallest absolute Gasteiger partial charge is 0.161 e. The van der Waals surface area contributed by atoms with Crippen LogP contribution >= 0.6 is 0 Å². The highest BCUT2D eigenvalue weighted by atomic mass is 16.5. The molecule has 1 aliphatic rings. The first-order chi connectivity index (χ1) is 9.81. The minimum atomic E-state index is 0.191. The monoisotopic (exact) mass is 276 g/mol. The second-order valence-corrected chi connectivity index (χ2v) is 5.28. The van der Waals surface area contributed by atoms with Gasteiger partial charge in [-0.3, -0.25) is 4.79 Å². The van der Waals surface area contributed by atoms with Crippen LogP contribution in [0.3, 0.4) is 0 Å². The van der Waals surface area contributed by atoms with E-state index in [2.05, 4.69) is 0 Å². The number of ketones is 1. The summed E-state index contributed by atoms with van der Waals surface area (Å²) in [6.45, 7) is 3.17. The molecular weight excluding hydrogens is 252 g/mol. The first-order valence-corrected chi connectivity index (χ1v) is 7.68. The Labute approximate surface area is 121 Å². The number of ether oxygens (including phenoxy) is 2. The molecule has 1 unspecified atom stereocenters. The van der Waals surface area contributed by atoms with Gasteiger partial charge in [0.2, 0.25) is 0 Å². The fourth-order valence-electron chi connectivity index (χ4n) is 2.69. The van der Waals surface area contributed by atoms with E-state index in [1.807, 2.05) is 31.2 Å². The normalized spacial score (nSPS) is 19.4. The van der Waals surface area contributed by atoms with E-state index in [4.69, 9.17) is 9.47 Å². The minimum absolute atomic E-state index is 0.191. The van der Waals surface area contributed by atoms with Crippen LogP contribution in [-0.2, 0) is 4.79 Å². The van der Waals surface area contributed by atoms with E-state index >= 15 is 0 Å². The molecule has 0 spiro atoms. The van der Waals surface area contributed by atoms with Gasteiger partial charge in [0.1, 0.15) is 5.78 Å². The summed E-state index contributed by atoms with van der Waals surface area (Å²) in [5.41, 5.74) is 0. The maximum absolute atomic E-state index is 11.9. The lowest BCUT2D eigenvalue weighted by atomic mass is 9.96. The molecule has 0 amide bonds. The van der Waals surface area contributed by atoms with Crippen LogP contribution in [-0.4, -0.2) is 19.0 Å². The van der Waals surface area contributed by atoms with Crippen LogP contribution in [0.5, 0.6) is 11.5 Å². The number of benzene rings is 1. The topological polar surface area (TPSA) is 35.5 Å². The molecular formula is C17H24O3. The summed E-state index contributed by atoms with van der Waals surface area (Å²) in [6.07, 6.45) is 6.01. The molecule has 0 saturated heterocycles. The Morgan fingerprint density at radius 2 is 1.85 bits per heavy atom. The van der Waals surface area contributed by atoms with Gasteiger partial charge in [-0.1, -0.05) is 25.0 Å². The molecule has 0 radical (unpaired) electrons. The molecule has 1 saturated carbocycles. The van der Waals surface area contributed by atoms with Crippen molar-refractivity contribution in [2.45, 2.75) is 45.4 Å². The second-order valence-electron chi connectivity index (χ2n) is 5.28. The van der Waals surface area contributed by atoms with Gasteiger partial charge in [0.25, 0.3) is 0 Å². The third kappa shape index (κ3) is 4.26. The Kier molecular flexibility index (Phi) is 5.90. The Morgan fingerprint density at radius 1 is 1.10 bits per heavy atom. The average molecular weight is 276 g/mol. The lowest BCUT2D eigenvalue weighted by Gasteiger charge is -2.15. The Morgan fingerprint density at radius 3 is 2.60 bits per heavy atom. The van der Waals surface area contributed by atoms with Gasteiger partial charge in [-0.15, -0.1) is 0 Å². The third-order valence-electron chi connectivity index (χ3n) is 3.80. The molecule has 0 bridgehead atoms. The van der Waals surface area contributed by atoms with Crippen LogP contribution in [0.1, 0.15) is 45.4 Å². The van der Waals surface area contributed by atoms with Crippen molar-refractivity contribution >= 4 is 5.78 Å². The summed E-state index contributed by atoms with van der Waals surface area (Å²) in [7, 11) is 0. The van der Waals surface area contributed by atoms with E-state index in [9.17, 15) is 4.79 Å². The van der Waals surface area contributed by atoms with Crippen molar-refractivity contribution in [3.8, 4) is 11.5 Å². The molecule has 1 fully saturated rings. The van der Waals surface area contributed by atoms with E-state index in [0.717, 1.165) is 37.2 Å². The number of Topliss-reactive ketones (excluding diaryl/α,β-unsaturated/α-hetero) is 1. The van der Waals surface area contributed by atoms with Gasteiger partial charge in [-0.2, -0.15) is 0 Å². The number of carbonyl (C=O) groups is 1. The molecule has 2 rings (SSSR count). The fraction of sp³-hybridized carbons (Fsp3) is 0.588. The maximum Gasteiger partial charge on any atom is 0.161 e. The molecule has 0 N–H and O–H groups in total. The summed E-state index contributed by atoms with van der Waals surface area (Å²) in [5.74, 6) is 2.17. The van der Waals surface area contributed by atoms with Crippen molar-refractivity contribution in [2.24, 2.45) is 5.92 Å². The van der Waals surface area contributed by atoms with Gasteiger partial charge in [0.15, 0.2) is 11.5 Å². The molecule has 0 aliphatic heterocycles. The number of para-hydroxylation sites is 2. The van der Waals surface area contributed by atoms with Crippen LogP contribution in [0.4, 0.5) is 0 Å². The minimum Gasteiger partial charge on any atom is -0.490 e. The van der Waals surface area contributed by atoms with Gasteiger partial charge in [0.05, 0.1) is 13.2 Å². The van der Waals surface area contributed by atoms with Gasteiger partial charge in [-0.05, 0) is 38.3 Å². The summed E-state index contributed by atoms with van der Waals surface area (Å²) in [6, 6.07) is 7.71. The molecule has 3 nitrogen and oxygen atoms in total. The highest BCUT2D eigenvalue weighted by Gasteiger charge is 2.20. The van der Waals surface area contributed by atoms with E-state index in [1.165, 1.54) is 12.8 Å². The largest absolute Gasteiger partial charge is 0.490 e. The molecule has 1 atom stereocenters. The fourth-order valence-corrected chi connectivity index (χ4v) is 2.69. The Balaban J connectivity index is 1.84.